The van der Waals surface area contributed by atoms with Crippen molar-refractivity contribution in [3.63, 3.8) is 0 Å². The summed E-state index contributed by atoms with van der Waals surface area (Å²) in [5, 5.41) is 24.5. The van der Waals surface area contributed by atoms with Gasteiger partial charge in [0.25, 0.3) is 0 Å². The molecular formula is C13H22N2O2. The van der Waals surface area contributed by atoms with Gasteiger partial charge in [0.2, 0.25) is 0 Å². The number of anilines is 2. The molecule has 0 bridgehead atoms. The topological polar surface area (TPSA) is 64.5 Å². The molecule has 1 aromatic carbocycles. The summed E-state index contributed by atoms with van der Waals surface area (Å²) in [4.78, 5) is 0. The number of nitrogens with one attached hydrogen (secondary N) is 2. The Bertz CT molecular complexity index is 329. The van der Waals surface area contributed by atoms with Crippen LogP contribution in [0, 0.1) is 5.92 Å². The molecule has 0 radical (unpaired) electrons. The highest BCUT2D eigenvalue weighted by molar-refractivity contribution is 5.68. The third-order valence-electron chi connectivity index (χ3n) is 2.37. The van der Waals surface area contributed by atoms with Crippen LogP contribution in [0.5, 0.6) is 0 Å². The summed E-state index contributed by atoms with van der Waals surface area (Å²) in [6.07, 6.45) is -0.729. The Morgan fingerprint density at radius 3 is 2.06 bits per heavy atom. The van der Waals surface area contributed by atoms with Crippen LogP contribution >= 0.6 is 0 Å². The van der Waals surface area contributed by atoms with Crippen molar-refractivity contribution in [1.29, 1.82) is 0 Å². The number of hydrogen-bond donors (Lipinski definition) is 4. The van der Waals surface area contributed by atoms with Crippen LogP contribution in [0.1, 0.15) is 13.8 Å². The molecule has 0 saturated carbocycles. The molecular weight excluding hydrogens is 216 g/mol. The second kappa shape index (κ2) is 7.14. The summed E-state index contributed by atoms with van der Waals surface area (Å²) in [6.45, 7) is 5.32. The van der Waals surface area contributed by atoms with Crippen molar-refractivity contribution >= 4 is 11.4 Å². The fraction of sp³-hybridized carbons (Fsp3) is 0.538. The molecule has 1 unspecified atom stereocenters. The van der Waals surface area contributed by atoms with Crippen molar-refractivity contribution in [1.82, 2.24) is 0 Å². The predicted octanol–water partition coefficient (Wildman–Crippen LogP) is 1.52. The maximum atomic E-state index is 9.30. The highest BCUT2D eigenvalue weighted by Crippen LogP contribution is 2.21. The van der Waals surface area contributed by atoms with Gasteiger partial charge in [-0.2, -0.15) is 0 Å². The van der Waals surface area contributed by atoms with Gasteiger partial charge in [-0.1, -0.05) is 26.0 Å². The van der Waals surface area contributed by atoms with Crippen LogP contribution in [-0.2, 0) is 0 Å². The van der Waals surface area contributed by atoms with Gasteiger partial charge in [-0.15, -0.1) is 0 Å². The van der Waals surface area contributed by atoms with Gasteiger partial charge in [-0.3, -0.25) is 0 Å². The molecule has 0 aliphatic heterocycles. The monoisotopic (exact) mass is 238 g/mol. The maximum Gasteiger partial charge on any atom is 0.0942 e. The summed E-state index contributed by atoms with van der Waals surface area (Å²) in [7, 11) is 0. The minimum Gasteiger partial charge on any atom is -0.394 e. The van der Waals surface area contributed by atoms with Crippen LogP contribution in [0.25, 0.3) is 0 Å². The third-order valence-corrected chi connectivity index (χ3v) is 2.37. The smallest absolute Gasteiger partial charge is 0.0942 e. The van der Waals surface area contributed by atoms with Gasteiger partial charge < -0.3 is 20.8 Å². The van der Waals surface area contributed by atoms with Crippen LogP contribution in [0.2, 0.25) is 0 Å². The van der Waals surface area contributed by atoms with Crippen LogP contribution < -0.4 is 10.6 Å². The van der Waals surface area contributed by atoms with E-state index in [-0.39, 0.29) is 6.61 Å². The molecule has 0 amide bonds. The lowest BCUT2D eigenvalue weighted by Crippen LogP contribution is -2.23. The fourth-order valence-electron chi connectivity index (χ4n) is 1.40. The van der Waals surface area contributed by atoms with E-state index < -0.39 is 6.10 Å². The largest absolute Gasteiger partial charge is 0.394 e. The zero-order chi connectivity index (χ0) is 12.7. The van der Waals surface area contributed by atoms with Gasteiger partial charge in [-0.05, 0) is 18.1 Å². The summed E-state index contributed by atoms with van der Waals surface area (Å²) in [6, 6.07) is 7.85. The van der Waals surface area contributed by atoms with Crippen molar-refractivity contribution in [3.05, 3.63) is 24.3 Å². The standard InChI is InChI=1S/C13H22N2O2/c1-10(2)7-14-12-5-3-4-6-13(12)15-8-11(17)9-16/h3-6,10-11,14-17H,7-9H2,1-2H3. The molecule has 96 valence electrons. The molecule has 1 rings (SSSR count). The lowest BCUT2D eigenvalue weighted by atomic mass is 10.2. The van der Waals surface area contributed by atoms with E-state index in [0.29, 0.717) is 12.5 Å². The van der Waals surface area contributed by atoms with Gasteiger partial charge in [0.15, 0.2) is 0 Å². The zero-order valence-corrected chi connectivity index (χ0v) is 10.5. The molecule has 0 aliphatic carbocycles. The number of para-hydroxylation sites is 2. The second-order valence-electron chi connectivity index (χ2n) is 4.54. The molecule has 1 aromatic rings. The molecule has 0 aromatic heterocycles. The molecule has 0 spiro atoms. The van der Waals surface area contributed by atoms with E-state index in [4.69, 9.17) is 5.11 Å². The summed E-state index contributed by atoms with van der Waals surface area (Å²) in [5.41, 5.74) is 1.96. The first kappa shape index (κ1) is 13.8. The quantitative estimate of drug-likeness (QED) is 0.581. The van der Waals surface area contributed by atoms with Gasteiger partial charge in [0.1, 0.15) is 0 Å². The van der Waals surface area contributed by atoms with E-state index in [2.05, 4.69) is 24.5 Å². The minimum atomic E-state index is -0.729. The van der Waals surface area contributed by atoms with Crippen LogP contribution in [-0.4, -0.2) is 36.0 Å². The predicted molar refractivity (Wildman–Crippen MR) is 71.4 cm³/mol. The normalized spacial score (nSPS) is 12.5. The molecule has 4 heteroatoms. The number of rotatable bonds is 7. The highest BCUT2D eigenvalue weighted by Gasteiger charge is 2.05. The molecule has 4 nitrogen and oxygen atoms in total. The van der Waals surface area contributed by atoms with Crippen molar-refractivity contribution in [2.45, 2.75) is 20.0 Å². The van der Waals surface area contributed by atoms with E-state index in [0.717, 1.165) is 17.9 Å². The molecule has 0 heterocycles. The van der Waals surface area contributed by atoms with Crippen molar-refractivity contribution in [3.8, 4) is 0 Å². The van der Waals surface area contributed by atoms with Crippen LogP contribution in [0.3, 0.4) is 0 Å². The van der Waals surface area contributed by atoms with Crippen molar-refractivity contribution in [2.24, 2.45) is 5.92 Å². The summed E-state index contributed by atoms with van der Waals surface area (Å²) < 4.78 is 0. The molecule has 0 saturated heterocycles. The molecule has 1 atom stereocenters. The first-order valence-corrected chi connectivity index (χ1v) is 5.99. The molecule has 0 fully saturated rings. The summed E-state index contributed by atoms with van der Waals surface area (Å²) >= 11 is 0. The van der Waals surface area contributed by atoms with E-state index in [1.807, 2.05) is 24.3 Å². The van der Waals surface area contributed by atoms with Crippen LogP contribution in [0.15, 0.2) is 24.3 Å². The first-order valence-electron chi connectivity index (χ1n) is 5.99. The van der Waals surface area contributed by atoms with Crippen LogP contribution in [0.4, 0.5) is 11.4 Å². The Hall–Kier alpha value is -1.26. The average Bonchev–Trinajstić information content (AvgIpc) is 2.34. The lowest BCUT2D eigenvalue weighted by Gasteiger charge is -2.16. The van der Waals surface area contributed by atoms with Gasteiger partial charge in [0, 0.05) is 13.1 Å². The number of aliphatic hydroxyl groups excluding tert-OH is 2. The molecule has 17 heavy (non-hydrogen) atoms. The Morgan fingerprint density at radius 2 is 1.59 bits per heavy atom. The Labute approximate surface area is 103 Å². The lowest BCUT2D eigenvalue weighted by molar-refractivity contribution is 0.105. The van der Waals surface area contributed by atoms with E-state index in [1.54, 1.807) is 0 Å². The second-order valence-corrected chi connectivity index (χ2v) is 4.54. The van der Waals surface area contributed by atoms with E-state index >= 15 is 0 Å². The Balaban J connectivity index is 2.57. The minimum absolute atomic E-state index is 0.228. The Kier molecular flexibility index (Phi) is 5.80. The molecule has 4 N–H and O–H groups in total. The molecule has 0 aliphatic rings. The number of aliphatic hydroxyl groups is 2. The SMILES string of the molecule is CC(C)CNc1ccccc1NCC(O)CO. The number of hydrogen-bond acceptors (Lipinski definition) is 4. The van der Waals surface area contributed by atoms with E-state index in [9.17, 15) is 5.11 Å². The maximum absolute atomic E-state index is 9.30. The van der Waals surface area contributed by atoms with Gasteiger partial charge in [0.05, 0.1) is 24.1 Å². The van der Waals surface area contributed by atoms with Gasteiger partial charge >= 0.3 is 0 Å². The fourth-order valence-corrected chi connectivity index (χ4v) is 1.40. The zero-order valence-electron chi connectivity index (χ0n) is 10.5. The van der Waals surface area contributed by atoms with E-state index in [1.165, 1.54) is 0 Å². The van der Waals surface area contributed by atoms with Crippen molar-refractivity contribution < 1.29 is 10.2 Å². The Morgan fingerprint density at radius 1 is 1.06 bits per heavy atom. The third kappa shape index (κ3) is 5.06. The summed E-state index contributed by atoms with van der Waals surface area (Å²) in [5.74, 6) is 0.575. The first-order chi connectivity index (χ1) is 8.13. The van der Waals surface area contributed by atoms with Crippen molar-refractivity contribution in [2.75, 3.05) is 30.3 Å². The number of benzene rings is 1. The average molecular weight is 238 g/mol. The highest BCUT2D eigenvalue weighted by atomic mass is 16.3. The van der Waals surface area contributed by atoms with Gasteiger partial charge in [-0.25, -0.2) is 0 Å².